The average molecular weight is 440 g/mol. The van der Waals surface area contributed by atoms with Gasteiger partial charge in [-0.25, -0.2) is 0 Å². The fourth-order valence-electron chi connectivity index (χ4n) is 3.72. The van der Waals surface area contributed by atoms with Gasteiger partial charge in [0.1, 0.15) is 11.8 Å². The van der Waals surface area contributed by atoms with Gasteiger partial charge in [-0.1, -0.05) is 12.1 Å². The number of rotatable bonds is 9. The van der Waals surface area contributed by atoms with Crippen molar-refractivity contribution in [2.45, 2.75) is 25.3 Å². The number of likely N-dealkylation sites (tertiary alicyclic amines) is 1. The van der Waals surface area contributed by atoms with E-state index in [1.807, 2.05) is 0 Å². The van der Waals surface area contributed by atoms with Crippen molar-refractivity contribution < 1.29 is 23.9 Å². The summed E-state index contributed by atoms with van der Waals surface area (Å²) in [5.41, 5.74) is 1.46. The number of ether oxygens (including phenoxy) is 2. The highest BCUT2D eigenvalue weighted by Gasteiger charge is 2.34. The van der Waals surface area contributed by atoms with Crippen LogP contribution in [0.25, 0.3) is 0 Å². The molecule has 0 aliphatic carbocycles. The fourth-order valence-corrected chi connectivity index (χ4v) is 3.72. The number of methoxy groups -OCH3 is 2. The Kier molecular flexibility index (Phi) is 8.21. The smallest absolute Gasteiger partial charge is 0.259 e. The number of para-hydroxylation sites is 1. The van der Waals surface area contributed by atoms with Gasteiger partial charge < -0.3 is 25.0 Å². The number of nitrogens with zero attached hydrogens (tertiary/aromatic N) is 1. The molecular weight excluding hydrogens is 410 g/mol. The van der Waals surface area contributed by atoms with Crippen LogP contribution in [-0.4, -0.2) is 62.6 Å². The number of hydrogen-bond acceptors (Lipinski definition) is 5. The molecule has 0 radical (unpaired) electrons. The second kappa shape index (κ2) is 11.3. The minimum atomic E-state index is -0.463. The minimum Gasteiger partial charge on any atom is -0.496 e. The van der Waals surface area contributed by atoms with Crippen LogP contribution >= 0.6 is 0 Å². The lowest BCUT2D eigenvalue weighted by Crippen LogP contribution is -2.46. The molecule has 3 rings (SSSR count). The fraction of sp³-hybridized carbons (Fsp3) is 0.375. The van der Waals surface area contributed by atoms with Crippen molar-refractivity contribution in [1.29, 1.82) is 0 Å². The van der Waals surface area contributed by atoms with E-state index in [0.717, 1.165) is 12.8 Å². The van der Waals surface area contributed by atoms with E-state index in [1.54, 1.807) is 60.5 Å². The van der Waals surface area contributed by atoms with E-state index in [2.05, 4.69) is 10.6 Å². The molecule has 32 heavy (non-hydrogen) atoms. The van der Waals surface area contributed by atoms with Crippen LogP contribution in [0.5, 0.6) is 5.75 Å². The van der Waals surface area contributed by atoms with Crippen molar-refractivity contribution in [2.75, 3.05) is 39.2 Å². The van der Waals surface area contributed by atoms with Gasteiger partial charge in [0, 0.05) is 38.1 Å². The summed E-state index contributed by atoms with van der Waals surface area (Å²) in [6.07, 6.45) is 2.16. The molecule has 8 nitrogen and oxygen atoms in total. The summed E-state index contributed by atoms with van der Waals surface area (Å²) in [5.74, 6) is -0.140. The normalized spacial score (nSPS) is 15.3. The average Bonchev–Trinajstić information content (AvgIpc) is 3.32. The predicted octanol–water partition coefficient (Wildman–Crippen LogP) is 2.70. The molecule has 8 heteroatoms. The molecule has 1 saturated heterocycles. The summed E-state index contributed by atoms with van der Waals surface area (Å²) in [4.78, 5) is 39.7. The van der Waals surface area contributed by atoms with E-state index in [0.29, 0.717) is 48.7 Å². The third kappa shape index (κ3) is 5.64. The minimum absolute atomic E-state index is 0.132. The van der Waals surface area contributed by atoms with Gasteiger partial charge in [0.15, 0.2) is 0 Å². The lowest BCUT2D eigenvalue weighted by molar-refractivity contribution is -0.124. The Morgan fingerprint density at radius 3 is 2.53 bits per heavy atom. The molecule has 170 valence electrons. The topological polar surface area (TPSA) is 97.0 Å². The second-order valence-corrected chi connectivity index (χ2v) is 7.53. The number of anilines is 1. The molecule has 2 aromatic rings. The van der Waals surface area contributed by atoms with Gasteiger partial charge >= 0.3 is 0 Å². The maximum Gasteiger partial charge on any atom is 0.259 e. The highest BCUT2D eigenvalue weighted by Crippen LogP contribution is 2.22. The predicted molar refractivity (Wildman–Crippen MR) is 121 cm³/mol. The Hall–Kier alpha value is -3.39. The first-order valence-electron chi connectivity index (χ1n) is 10.7. The van der Waals surface area contributed by atoms with Crippen LogP contribution in [0, 0.1) is 0 Å². The SMILES string of the molecule is COCCCNC(=O)C1CCCN1C(=O)c1ccc(NC(=O)c2ccccc2OC)cc1. The van der Waals surface area contributed by atoms with Gasteiger partial charge in [0.2, 0.25) is 5.91 Å². The van der Waals surface area contributed by atoms with E-state index in [9.17, 15) is 14.4 Å². The van der Waals surface area contributed by atoms with Crippen molar-refractivity contribution in [3.8, 4) is 5.75 Å². The third-order valence-electron chi connectivity index (χ3n) is 5.38. The lowest BCUT2D eigenvalue weighted by Gasteiger charge is -2.24. The van der Waals surface area contributed by atoms with Crippen LogP contribution in [0.15, 0.2) is 48.5 Å². The van der Waals surface area contributed by atoms with Crippen LogP contribution in [0.2, 0.25) is 0 Å². The molecule has 0 bridgehead atoms. The van der Waals surface area contributed by atoms with Crippen molar-refractivity contribution in [2.24, 2.45) is 0 Å². The van der Waals surface area contributed by atoms with Gasteiger partial charge in [0.25, 0.3) is 11.8 Å². The zero-order valence-electron chi connectivity index (χ0n) is 18.4. The molecule has 1 unspecified atom stereocenters. The molecule has 2 N–H and O–H groups in total. The molecule has 1 heterocycles. The molecule has 0 spiro atoms. The zero-order chi connectivity index (χ0) is 22.9. The first-order chi connectivity index (χ1) is 15.5. The molecule has 0 saturated carbocycles. The highest BCUT2D eigenvalue weighted by molar-refractivity contribution is 6.06. The summed E-state index contributed by atoms with van der Waals surface area (Å²) in [7, 11) is 3.13. The van der Waals surface area contributed by atoms with Crippen molar-refractivity contribution >= 4 is 23.4 Å². The van der Waals surface area contributed by atoms with E-state index in [-0.39, 0.29) is 17.7 Å². The van der Waals surface area contributed by atoms with Gasteiger partial charge in [-0.3, -0.25) is 14.4 Å². The van der Waals surface area contributed by atoms with Gasteiger partial charge in [0.05, 0.1) is 12.7 Å². The van der Waals surface area contributed by atoms with E-state index in [1.165, 1.54) is 7.11 Å². The second-order valence-electron chi connectivity index (χ2n) is 7.53. The van der Waals surface area contributed by atoms with Crippen LogP contribution in [0.3, 0.4) is 0 Å². The van der Waals surface area contributed by atoms with Crippen molar-refractivity contribution in [3.05, 3.63) is 59.7 Å². The molecule has 1 aliphatic rings. The number of hydrogen-bond donors (Lipinski definition) is 2. The Balaban J connectivity index is 1.61. The summed E-state index contributed by atoms with van der Waals surface area (Å²) < 4.78 is 10.2. The van der Waals surface area contributed by atoms with Crippen molar-refractivity contribution in [1.82, 2.24) is 10.2 Å². The summed E-state index contributed by atoms with van der Waals surface area (Å²) in [5, 5.41) is 5.69. The Morgan fingerprint density at radius 1 is 1.06 bits per heavy atom. The lowest BCUT2D eigenvalue weighted by atomic mass is 10.1. The van der Waals surface area contributed by atoms with E-state index < -0.39 is 6.04 Å². The van der Waals surface area contributed by atoms with Crippen LogP contribution in [0.1, 0.15) is 40.0 Å². The van der Waals surface area contributed by atoms with E-state index >= 15 is 0 Å². The van der Waals surface area contributed by atoms with Crippen LogP contribution in [-0.2, 0) is 9.53 Å². The first kappa shape index (κ1) is 23.3. The largest absolute Gasteiger partial charge is 0.496 e. The van der Waals surface area contributed by atoms with Crippen molar-refractivity contribution in [3.63, 3.8) is 0 Å². The standard InChI is InChI=1S/C24H29N3O5/c1-31-16-6-14-25-23(29)20-8-5-15-27(20)24(30)17-10-12-18(13-11-17)26-22(28)19-7-3-4-9-21(19)32-2/h3-4,7,9-13,20H,5-6,8,14-16H2,1-2H3,(H,25,29)(H,26,28). The number of carbonyl (C=O) groups is 3. The molecule has 1 atom stereocenters. The van der Waals surface area contributed by atoms with Crippen LogP contribution in [0.4, 0.5) is 5.69 Å². The number of benzene rings is 2. The summed E-state index contributed by atoms with van der Waals surface area (Å²) in [6, 6.07) is 13.2. The number of nitrogens with one attached hydrogen (secondary N) is 2. The maximum atomic E-state index is 13.0. The van der Waals surface area contributed by atoms with Gasteiger partial charge in [-0.05, 0) is 55.7 Å². The van der Waals surface area contributed by atoms with Gasteiger partial charge in [-0.2, -0.15) is 0 Å². The van der Waals surface area contributed by atoms with E-state index in [4.69, 9.17) is 9.47 Å². The Labute approximate surface area is 187 Å². The molecular formula is C24H29N3O5. The zero-order valence-corrected chi connectivity index (χ0v) is 18.4. The molecule has 3 amide bonds. The Morgan fingerprint density at radius 2 is 1.81 bits per heavy atom. The summed E-state index contributed by atoms with van der Waals surface area (Å²) >= 11 is 0. The Bertz CT molecular complexity index is 945. The number of amides is 3. The monoisotopic (exact) mass is 439 g/mol. The maximum absolute atomic E-state index is 13.0. The van der Waals surface area contributed by atoms with Gasteiger partial charge in [-0.15, -0.1) is 0 Å². The summed E-state index contributed by atoms with van der Waals surface area (Å²) in [6.45, 7) is 1.64. The first-order valence-corrected chi connectivity index (χ1v) is 10.7. The quantitative estimate of drug-likeness (QED) is 0.586. The molecule has 1 fully saturated rings. The molecule has 0 aromatic heterocycles. The number of carbonyl (C=O) groups excluding carboxylic acids is 3. The molecule has 2 aromatic carbocycles. The van der Waals surface area contributed by atoms with Crippen LogP contribution < -0.4 is 15.4 Å². The third-order valence-corrected chi connectivity index (χ3v) is 5.38. The molecule has 1 aliphatic heterocycles. The highest BCUT2D eigenvalue weighted by atomic mass is 16.5.